The third-order valence-electron chi connectivity index (χ3n) is 2.71. The number of piperidine rings is 1. The lowest BCUT2D eigenvalue weighted by molar-refractivity contribution is -0.0795. The summed E-state index contributed by atoms with van der Waals surface area (Å²) in [4.78, 5) is 0. The topological polar surface area (TPSA) is 12.0 Å². The molecule has 0 radical (unpaired) electrons. The molecule has 64 valence electrons. The van der Waals surface area contributed by atoms with E-state index in [2.05, 4.69) is 5.32 Å². The summed E-state index contributed by atoms with van der Waals surface area (Å²) >= 11 is 0. The van der Waals surface area contributed by atoms with Crippen LogP contribution < -0.4 is 5.32 Å². The first-order valence-corrected chi connectivity index (χ1v) is 4.24. The van der Waals surface area contributed by atoms with Gasteiger partial charge in [0.15, 0.2) is 0 Å². The van der Waals surface area contributed by atoms with Gasteiger partial charge in [-0.15, -0.1) is 0 Å². The Balaban J connectivity index is 2.05. The second-order valence-corrected chi connectivity index (χ2v) is 3.89. The number of alkyl halides is 2. The van der Waals surface area contributed by atoms with E-state index in [9.17, 15) is 8.78 Å². The van der Waals surface area contributed by atoms with Crippen LogP contribution in [0.15, 0.2) is 0 Å². The molecular weight excluding hydrogens is 148 g/mol. The fourth-order valence-electron chi connectivity index (χ4n) is 2.37. The lowest BCUT2D eigenvalue weighted by Crippen LogP contribution is -2.45. The van der Waals surface area contributed by atoms with E-state index in [0.29, 0.717) is 0 Å². The minimum atomic E-state index is -2.37. The second-order valence-electron chi connectivity index (χ2n) is 3.89. The third kappa shape index (κ3) is 1.53. The summed E-state index contributed by atoms with van der Waals surface area (Å²) < 4.78 is 25.8. The Labute approximate surface area is 65.2 Å². The molecule has 1 aliphatic heterocycles. The average molecular weight is 161 g/mol. The fourth-order valence-corrected chi connectivity index (χ4v) is 2.37. The molecule has 0 amide bonds. The molecule has 0 aromatic carbocycles. The maximum atomic E-state index is 12.9. The van der Waals surface area contributed by atoms with Crippen molar-refractivity contribution in [2.45, 2.75) is 25.2 Å². The van der Waals surface area contributed by atoms with Crippen LogP contribution in [0.3, 0.4) is 0 Å². The Morgan fingerprint density at radius 1 is 1.09 bits per heavy atom. The van der Waals surface area contributed by atoms with Gasteiger partial charge in [0.25, 0.3) is 0 Å². The zero-order valence-electron chi connectivity index (χ0n) is 6.45. The molecule has 0 aromatic rings. The van der Waals surface area contributed by atoms with Crippen molar-refractivity contribution in [1.29, 1.82) is 0 Å². The molecule has 1 heterocycles. The van der Waals surface area contributed by atoms with Crippen molar-refractivity contribution >= 4 is 0 Å². The van der Waals surface area contributed by atoms with Crippen LogP contribution in [0.25, 0.3) is 0 Å². The van der Waals surface area contributed by atoms with E-state index in [1.807, 2.05) is 0 Å². The predicted molar refractivity (Wildman–Crippen MR) is 38.6 cm³/mol. The quantitative estimate of drug-likeness (QED) is 0.569. The second kappa shape index (κ2) is 2.41. The van der Waals surface area contributed by atoms with Crippen LogP contribution in [0.1, 0.15) is 19.3 Å². The summed E-state index contributed by atoms with van der Waals surface area (Å²) in [6.45, 7) is 1.60. The molecule has 2 rings (SSSR count). The summed E-state index contributed by atoms with van der Waals surface area (Å²) in [5.74, 6) is -1.90. The van der Waals surface area contributed by atoms with Crippen molar-refractivity contribution in [1.82, 2.24) is 5.32 Å². The summed E-state index contributed by atoms with van der Waals surface area (Å²) in [6.07, 6.45) is 1.23. The van der Waals surface area contributed by atoms with Gasteiger partial charge in [0.2, 0.25) is 5.92 Å². The van der Waals surface area contributed by atoms with Crippen molar-refractivity contribution in [3.8, 4) is 0 Å². The fraction of sp³-hybridized carbons (Fsp3) is 1.00. The predicted octanol–water partition coefficient (Wildman–Crippen LogP) is 1.64. The van der Waals surface area contributed by atoms with Crippen molar-refractivity contribution in [3.05, 3.63) is 0 Å². The van der Waals surface area contributed by atoms with Gasteiger partial charge in [-0.3, -0.25) is 0 Å². The van der Waals surface area contributed by atoms with Gasteiger partial charge < -0.3 is 5.32 Å². The number of halogens is 2. The summed E-state index contributed by atoms with van der Waals surface area (Å²) in [5, 5.41) is 3.19. The molecule has 1 saturated carbocycles. The Hall–Kier alpha value is -0.180. The highest BCUT2D eigenvalue weighted by Crippen LogP contribution is 2.41. The minimum absolute atomic E-state index is 0.108. The van der Waals surface area contributed by atoms with Crippen LogP contribution in [0.5, 0.6) is 0 Å². The first-order valence-electron chi connectivity index (χ1n) is 4.24. The average Bonchev–Trinajstić information content (AvgIpc) is 1.82. The maximum Gasteiger partial charge on any atom is 0.248 e. The lowest BCUT2D eigenvalue weighted by Gasteiger charge is -2.39. The Bertz CT molecular complexity index is 144. The number of rotatable bonds is 0. The maximum absolute atomic E-state index is 12.9. The van der Waals surface area contributed by atoms with E-state index in [0.717, 1.165) is 19.5 Å². The monoisotopic (exact) mass is 161 g/mol. The van der Waals surface area contributed by atoms with Crippen molar-refractivity contribution in [2.75, 3.05) is 13.1 Å². The van der Waals surface area contributed by atoms with Gasteiger partial charge in [0, 0.05) is 12.8 Å². The lowest BCUT2D eigenvalue weighted by atomic mass is 9.77. The van der Waals surface area contributed by atoms with Crippen molar-refractivity contribution < 1.29 is 8.78 Å². The van der Waals surface area contributed by atoms with Crippen LogP contribution in [-0.4, -0.2) is 19.0 Å². The first kappa shape index (κ1) is 7.47. The van der Waals surface area contributed by atoms with Crippen molar-refractivity contribution in [2.24, 2.45) is 11.8 Å². The number of fused-ring (bicyclic) bond motifs is 2. The van der Waals surface area contributed by atoms with E-state index in [1.165, 1.54) is 0 Å². The third-order valence-corrected chi connectivity index (χ3v) is 2.71. The van der Waals surface area contributed by atoms with E-state index in [1.54, 1.807) is 0 Å². The highest BCUT2D eigenvalue weighted by atomic mass is 19.3. The first-order chi connectivity index (χ1) is 5.16. The number of nitrogens with one attached hydrogen (secondary N) is 1. The standard InChI is InChI=1S/C8H13F2N/c9-8(10)2-6-1-7(3-8)5-11-4-6/h6-7,11H,1-5H2. The van der Waals surface area contributed by atoms with E-state index < -0.39 is 5.92 Å². The van der Waals surface area contributed by atoms with Crippen LogP contribution >= 0.6 is 0 Å². The highest BCUT2D eigenvalue weighted by molar-refractivity contribution is 4.88. The van der Waals surface area contributed by atoms with Crippen LogP contribution in [-0.2, 0) is 0 Å². The zero-order valence-corrected chi connectivity index (χ0v) is 6.45. The van der Waals surface area contributed by atoms with Crippen LogP contribution in [0, 0.1) is 11.8 Å². The molecule has 0 spiro atoms. The molecular formula is C8H13F2N. The normalized spacial score (nSPS) is 42.0. The SMILES string of the molecule is FC1(F)CC2CNCC(C2)C1. The number of hydrogen-bond donors (Lipinski definition) is 1. The van der Waals surface area contributed by atoms with Gasteiger partial charge in [0.1, 0.15) is 0 Å². The highest BCUT2D eigenvalue weighted by Gasteiger charge is 2.42. The zero-order chi connectivity index (χ0) is 7.90. The van der Waals surface area contributed by atoms with Crippen LogP contribution in [0.4, 0.5) is 8.78 Å². The Morgan fingerprint density at radius 2 is 1.64 bits per heavy atom. The van der Waals surface area contributed by atoms with E-state index in [-0.39, 0.29) is 24.7 Å². The van der Waals surface area contributed by atoms with Crippen molar-refractivity contribution in [3.63, 3.8) is 0 Å². The van der Waals surface area contributed by atoms with Gasteiger partial charge in [-0.1, -0.05) is 0 Å². The molecule has 2 bridgehead atoms. The molecule has 0 aromatic heterocycles. The molecule has 2 atom stereocenters. The molecule has 2 aliphatic rings. The molecule has 1 aliphatic carbocycles. The van der Waals surface area contributed by atoms with Crippen LogP contribution in [0.2, 0.25) is 0 Å². The smallest absolute Gasteiger partial charge is 0.248 e. The van der Waals surface area contributed by atoms with Gasteiger partial charge in [0.05, 0.1) is 0 Å². The Morgan fingerprint density at radius 3 is 2.18 bits per heavy atom. The summed E-state index contributed by atoms with van der Waals surface area (Å²) in [7, 11) is 0. The van der Waals surface area contributed by atoms with Gasteiger partial charge in [-0.25, -0.2) is 8.78 Å². The molecule has 1 saturated heterocycles. The van der Waals surface area contributed by atoms with Gasteiger partial charge in [-0.05, 0) is 31.3 Å². The molecule has 2 fully saturated rings. The summed E-state index contributed by atoms with van der Waals surface area (Å²) in [6, 6.07) is 0. The molecule has 1 N–H and O–H groups in total. The summed E-state index contributed by atoms with van der Waals surface area (Å²) in [5.41, 5.74) is 0. The Kier molecular flexibility index (Phi) is 1.63. The van der Waals surface area contributed by atoms with E-state index >= 15 is 0 Å². The number of hydrogen-bond acceptors (Lipinski definition) is 1. The largest absolute Gasteiger partial charge is 0.316 e. The van der Waals surface area contributed by atoms with Gasteiger partial charge >= 0.3 is 0 Å². The molecule has 1 nitrogen and oxygen atoms in total. The van der Waals surface area contributed by atoms with E-state index in [4.69, 9.17) is 0 Å². The van der Waals surface area contributed by atoms with Gasteiger partial charge in [-0.2, -0.15) is 0 Å². The molecule has 11 heavy (non-hydrogen) atoms. The molecule has 2 unspecified atom stereocenters. The minimum Gasteiger partial charge on any atom is -0.316 e. The molecule has 3 heteroatoms.